The van der Waals surface area contributed by atoms with Crippen LogP contribution in [-0.2, 0) is 14.3 Å². The van der Waals surface area contributed by atoms with Crippen molar-refractivity contribution in [2.45, 2.75) is 6.04 Å². The SMILES string of the molecule is C=CCN(C(=O)C([NH+]=[N-])C(=O)OC)c1ccccc1. The van der Waals surface area contributed by atoms with E-state index < -0.39 is 17.9 Å². The second-order valence-electron chi connectivity index (χ2n) is 3.66. The summed E-state index contributed by atoms with van der Waals surface area (Å²) in [4.78, 5) is 24.9. The summed E-state index contributed by atoms with van der Waals surface area (Å²) in [6.07, 6.45) is 1.52. The van der Waals surface area contributed by atoms with E-state index in [0.29, 0.717) is 5.69 Å². The predicted molar refractivity (Wildman–Crippen MR) is 69.1 cm³/mol. The van der Waals surface area contributed by atoms with Crippen molar-refractivity contribution in [3.8, 4) is 0 Å². The van der Waals surface area contributed by atoms with Crippen LogP contribution in [0.4, 0.5) is 5.69 Å². The third-order valence-corrected chi connectivity index (χ3v) is 2.46. The van der Waals surface area contributed by atoms with E-state index in [1.165, 1.54) is 11.0 Å². The zero-order valence-electron chi connectivity index (χ0n) is 10.6. The molecule has 1 aromatic rings. The highest BCUT2D eigenvalue weighted by molar-refractivity contribution is 6.08. The lowest BCUT2D eigenvalue weighted by atomic mass is 10.2. The van der Waals surface area contributed by atoms with Gasteiger partial charge in [-0.2, -0.15) is 0 Å². The Hall–Kier alpha value is -2.50. The van der Waals surface area contributed by atoms with Crippen molar-refractivity contribution < 1.29 is 19.4 Å². The molecule has 1 aromatic carbocycles. The summed E-state index contributed by atoms with van der Waals surface area (Å²) in [7, 11) is 1.14. The molecule has 0 radical (unpaired) electrons. The van der Waals surface area contributed by atoms with Crippen LogP contribution in [0, 0.1) is 0 Å². The minimum atomic E-state index is -1.47. The number of anilines is 1. The number of nitrogens with one attached hydrogen (secondary N) is 1. The van der Waals surface area contributed by atoms with Gasteiger partial charge in [-0.1, -0.05) is 24.3 Å². The number of nitrogens with zero attached hydrogens (tertiary/aromatic N) is 2. The first-order valence-corrected chi connectivity index (χ1v) is 5.60. The third-order valence-electron chi connectivity index (χ3n) is 2.46. The topological polar surface area (TPSA) is 82.9 Å². The monoisotopic (exact) mass is 261 g/mol. The van der Waals surface area contributed by atoms with Gasteiger partial charge in [-0.25, -0.2) is 4.79 Å². The Kier molecular flexibility index (Phi) is 5.40. The number of rotatable bonds is 6. The highest BCUT2D eigenvalue weighted by Gasteiger charge is 2.34. The second-order valence-corrected chi connectivity index (χ2v) is 3.66. The molecule has 1 atom stereocenters. The molecule has 19 heavy (non-hydrogen) atoms. The maximum atomic E-state index is 12.2. The van der Waals surface area contributed by atoms with Crippen molar-refractivity contribution >= 4 is 17.6 Å². The van der Waals surface area contributed by atoms with Gasteiger partial charge < -0.3 is 20.3 Å². The van der Waals surface area contributed by atoms with Gasteiger partial charge in [-0.05, 0) is 12.1 Å². The number of benzene rings is 1. The number of hydrogen-bond acceptors (Lipinski definition) is 3. The minimum absolute atomic E-state index is 0.206. The molecule has 6 nitrogen and oxygen atoms in total. The first-order chi connectivity index (χ1) is 9.15. The first kappa shape index (κ1) is 14.6. The maximum absolute atomic E-state index is 12.2. The van der Waals surface area contributed by atoms with E-state index in [-0.39, 0.29) is 6.54 Å². The molecule has 0 spiro atoms. The van der Waals surface area contributed by atoms with Crippen molar-refractivity contribution in [2.24, 2.45) is 0 Å². The minimum Gasteiger partial charge on any atom is -0.507 e. The normalized spacial score (nSPS) is 11.2. The molecule has 0 bridgehead atoms. The van der Waals surface area contributed by atoms with Gasteiger partial charge in [-0.3, -0.25) is 4.79 Å². The van der Waals surface area contributed by atoms with E-state index in [1.54, 1.807) is 29.4 Å². The second kappa shape index (κ2) is 7.05. The van der Waals surface area contributed by atoms with Crippen LogP contribution in [0.1, 0.15) is 0 Å². The fourth-order valence-corrected chi connectivity index (χ4v) is 1.54. The van der Waals surface area contributed by atoms with Gasteiger partial charge in [0.2, 0.25) is 0 Å². The highest BCUT2D eigenvalue weighted by atomic mass is 16.5. The lowest BCUT2D eigenvalue weighted by molar-refractivity contribution is -0.497. The summed E-state index contributed by atoms with van der Waals surface area (Å²) in [5, 5.41) is 1.66. The fourth-order valence-electron chi connectivity index (χ4n) is 1.54. The number of carbonyl (C=O) groups excluding carboxylic acids is 2. The van der Waals surface area contributed by atoms with Crippen LogP contribution in [0.5, 0.6) is 0 Å². The van der Waals surface area contributed by atoms with E-state index in [9.17, 15) is 9.59 Å². The van der Waals surface area contributed by atoms with Gasteiger partial charge in [0.15, 0.2) is 0 Å². The number of carbonyl (C=O) groups is 2. The lowest BCUT2D eigenvalue weighted by Gasteiger charge is -2.22. The molecule has 100 valence electrons. The van der Waals surface area contributed by atoms with Gasteiger partial charge >= 0.3 is 17.9 Å². The van der Waals surface area contributed by atoms with E-state index in [4.69, 9.17) is 5.53 Å². The zero-order chi connectivity index (χ0) is 14.3. The van der Waals surface area contributed by atoms with E-state index in [1.807, 2.05) is 6.07 Å². The molecule has 1 N–H and O–H groups in total. The molecule has 0 aliphatic carbocycles. The molecule has 0 heterocycles. The molecule has 0 saturated carbocycles. The molecule has 0 aromatic heterocycles. The molecule has 0 saturated heterocycles. The average Bonchev–Trinajstić information content (AvgIpc) is 2.46. The Bertz CT molecular complexity index is 473. The third kappa shape index (κ3) is 3.48. The molecule has 1 unspecified atom stereocenters. The van der Waals surface area contributed by atoms with Gasteiger partial charge in [0.1, 0.15) is 0 Å². The van der Waals surface area contributed by atoms with Crippen LogP contribution < -0.4 is 10.0 Å². The van der Waals surface area contributed by atoms with Crippen molar-refractivity contribution in [1.82, 2.24) is 0 Å². The van der Waals surface area contributed by atoms with Gasteiger partial charge in [0, 0.05) is 12.2 Å². The Balaban J connectivity index is 3.05. The smallest absolute Gasteiger partial charge is 0.384 e. The molecular formula is C13H15N3O3. The summed E-state index contributed by atoms with van der Waals surface area (Å²) >= 11 is 0. The Morgan fingerprint density at radius 2 is 2.11 bits per heavy atom. The predicted octanol–water partition coefficient (Wildman–Crippen LogP) is -0.151. The Labute approximate surface area is 111 Å². The van der Waals surface area contributed by atoms with E-state index in [0.717, 1.165) is 7.11 Å². The number of methoxy groups -OCH3 is 1. The van der Waals surface area contributed by atoms with Gasteiger partial charge in [0.05, 0.1) is 7.11 Å². The molecule has 0 aliphatic rings. The quantitative estimate of drug-likeness (QED) is 0.334. The molecule has 1 rings (SSSR count). The summed E-state index contributed by atoms with van der Waals surface area (Å²) in [5.74, 6) is -1.49. The molecular weight excluding hydrogens is 246 g/mol. The Morgan fingerprint density at radius 3 is 2.58 bits per heavy atom. The molecule has 6 heteroatoms. The van der Waals surface area contributed by atoms with Crippen molar-refractivity contribution in [3.05, 3.63) is 48.5 Å². The highest BCUT2D eigenvalue weighted by Crippen LogP contribution is 2.14. The van der Waals surface area contributed by atoms with Gasteiger partial charge in [0.25, 0.3) is 0 Å². The number of para-hydroxylation sites is 1. The van der Waals surface area contributed by atoms with Crippen LogP contribution in [0.3, 0.4) is 0 Å². The van der Waals surface area contributed by atoms with Crippen LogP contribution in [0.25, 0.3) is 5.53 Å². The van der Waals surface area contributed by atoms with Crippen LogP contribution >= 0.6 is 0 Å². The number of ether oxygens (including phenoxy) is 1. The van der Waals surface area contributed by atoms with Crippen LogP contribution in [0.2, 0.25) is 0 Å². The van der Waals surface area contributed by atoms with Crippen LogP contribution in [0.15, 0.2) is 43.0 Å². The summed E-state index contributed by atoms with van der Waals surface area (Å²) < 4.78 is 4.45. The summed E-state index contributed by atoms with van der Waals surface area (Å²) in [6.45, 7) is 3.77. The standard InChI is InChI=1S/C13H15N3O3/c1-3-9-16(10-7-5-4-6-8-10)12(17)11(15-14)13(18)19-2/h3-8,11,15H,1,9H2,2H3. The zero-order valence-corrected chi connectivity index (χ0v) is 10.6. The molecule has 1 amide bonds. The number of hydrogen-bond donors (Lipinski definition) is 1. The van der Waals surface area contributed by atoms with Gasteiger partial charge in [-0.15, -0.1) is 6.58 Å². The summed E-state index contributed by atoms with van der Waals surface area (Å²) in [5.41, 5.74) is 9.53. The summed E-state index contributed by atoms with van der Waals surface area (Å²) in [6, 6.07) is 7.30. The number of amides is 1. The average molecular weight is 261 g/mol. The largest absolute Gasteiger partial charge is 0.507 e. The van der Waals surface area contributed by atoms with E-state index >= 15 is 0 Å². The fraction of sp³-hybridized carbons (Fsp3) is 0.231. The van der Waals surface area contributed by atoms with Crippen molar-refractivity contribution in [1.29, 1.82) is 0 Å². The Morgan fingerprint density at radius 1 is 1.47 bits per heavy atom. The molecule has 0 fully saturated rings. The maximum Gasteiger partial charge on any atom is 0.384 e. The lowest BCUT2D eigenvalue weighted by Crippen LogP contribution is -2.79. The molecule has 0 aliphatic heterocycles. The number of esters is 1. The van der Waals surface area contributed by atoms with Crippen molar-refractivity contribution in [3.63, 3.8) is 0 Å². The van der Waals surface area contributed by atoms with E-state index in [2.05, 4.69) is 11.3 Å². The van der Waals surface area contributed by atoms with Crippen molar-refractivity contribution in [2.75, 3.05) is 18.6 Å². The van der Waals surface area contributed by atoms with Crippen LogP contribution in [-0.4, -0.2) is 31.6 Å². The first-order valence-electron chi connectivity index (χ1n) is 5.60.